The van der Waals surface area contributed by atoms with Gasteiger partial charge in [-0.1, -0.05) is 30.5 Å². The van der Waals surface area contributed by atoms with Crippen molar-refractivity contribution < 1.29 is 29.7 Å². The van der Waals surface area contributed by atoms with Crippen LogP contribution in [-0.4, -0.2) is 57.8 Å². The highest BCUT2D eigenvalue weighted by Crippen LogP contribution is 2.67. The van der Waals surface area contributed by atoms with Gasteiger partial charge in [0.05, 0.1) is 12.3 Å². The third-order valence-corrected chi connectivity index (χ3v) is 9.56. The van der Waals surface area contributed by atoms with Crippen molar-refractivity contribution in [1.82, 2.24) is 5.32 Å². The van der Waals surface area contributed by atoms with E-state index in [0.717, 1.165) is 50.7 Å². The van der Waals surface area contributed by atoms with E-state index in [0.29, 0.717) is 24.2 Å². The second-order valence-electron chi connectivity index (χ2n) is 11.0. The van der Waals surface area contributed by atoms with Crippen LogP contribution in [0.2, 0.25) is 0 Å². The number of rotatable bonds is 6. The standard InChI is InChI=1S/C26H36N2O6/c1-4-26(33)12-9-20-18-6-5-16-13-17(28-34-15-22(30)27-21(14-29)23(31)32)7-10-24(16,2)19(18)8-11-25(20,26)3/h1,13,18-21,29,33H,5-12,14-15H2,2-3H3,(H,27,30)(H,31,32)/b28-17-/t18-,19+,20+,21+,24+,25+,26-/m1/s1. The van der Waals surface area contributed by atoms with Crippen LogP contribution >= 0.6 is 0 Å². The summed E-state index contributed by atoms with van der Waals surface area (Å²) in [4.78, 5) is 28.0. The number of carboxylic acid groups (broad SMARTS) is 1. The van der Waals surface area contributed by atoms with Crippen LogP contribution in [0.4, 0.5) is 0 Å². The molecule has 0 aromatic rings. The summed E-state index contributed by atoms with van der Waals surface area (Å²) in [6.45, 7) is 3.47. The number of nitrogens with one attached hydrogen (secondary N) is 1. The summed E-state index contributed by atoms with van der Waals surface area (Å²) >= 11 is 0. The molecule has 0 aromatic heterocycles. The SMILES string of the molecule is C#C[C@@]1(O)CC[C@H]2[C@@H]3CCC4=C/C(=N\OCC(=O)N[C@@H](CO)C(=O)O)CC[C@]4(C)[C@H]3CC[C@@]21C. The van der Waals surface area contributed by atoms with Crippen LogP contribution in [0.3, 0.4) is 0 Å². The number of carbonyl (C=O) groups excluding carboxylic acids is 1. The van der Waals surface area contributed by atoms with Crippen molar-refractivity contribution in [2.45, 2.75) is 76.9 Å². The maximum Gasteiger partial charge on any atom is 0.328 e. The summed E-state index contributed by atoms with van der Waals surface area (Å²) in [6, 6.07) is -1.36. The van der Waals surface area contributed by atoms with Crippen LogP contribution in [0.1, 0.15) is 65.2 Å². The molecule has 0 aromatic carbocycles. The Balaban J connectivity index is 1.42. The number of carbonyl (C=O) groups is 2. The number of terminal acetylenes is 1. The molecular weight excluding hydrogens is 436 g/mol. The van der Waals surface area contributed by atoms with Gasteiger partial charge in [-0.2, -0.15) is 0 Å². The van der Waals surface area contributed by atoms with E-state index in [1.54, 1.807) is 0 Å². The fourth-order valence-electron chi connectivity index (χ4n) is 7.49. The number of nitrogens with zero attached hydrogens (tertiary/aromatic N) is 1. The molecule has 4 rings (SSSR count). The quantitative estimate of drug-likeness (QED) is 0.347. The molecule has 4 aliphatic rings. The number of fused-ring (bicyclic) bond motifs is 5. The van der Waals surface area contributed by atoms with Crippen molar-refractivity contribution >= 4 is 17.6 Å². The third-order valence-electron chi connectivity index (χ3n) is 9.56. The number of hydrogen-bond acceptors (Lipinski definition) is 6. The summed E-state index contributed by atoms with van der Waals surface area (Å²) in [6.07, 6.45) is 15.4. The zero-order valence-corrected chi connectivity index (χ0v) is 20.0. The Labute approximate surface area is 200 Å². The number of oxime groups is 1. The minimum Gasteiger partial charge on any atom is -0.480 e. The van der Waals surface area contributed by atoms with Crippen molar-refractivity contribution in [2.75, 3.05) is 13.2 Å². The van der Waals surface area contributed by atoms with Crippen LogP contribution in [0, 0.1) is 40.9 Å². The van der Waals surface area contributed by atoms with Gasteiger partial charge in [-0.25, -0.2) is 4.79 Å². The van der Waals surface area contributed by atoms with Gasteiger partial charge in [0.1, 0.15) is 11.6 Å². The van der Waals surface area contributed by atoms with Crippen molar-refractivity contribution in [3.63, 3.8) is 0 Å². The molecule has 0 saturated heterocycles. The molecule has 3 saturated carbocycles. The smallest absolute Gasteiger partial charge is 0.328 e. The second-order valence-corrected chi connectivity index (χ2v) is 11.0. The number of hydrogen-bond donors (Lipinski definition) is 4. The van der Waals surface area contributed by atoms with Crippen LogP contribution in [0.5, 0.6) is 0 Å². The summed E-state index contributed by atoms with van der Waals surface area (Å²) in [5.41, 5.74) is 1.07. The van der Waals surface area contributed by atoms with Gasteiger partial charge in [0, 0.05) is 5.41 Å². The zero-order valence-electron chi connectivity index (χ0n) is 20.0. The zero-order chi connectivity index (χ0) is 24.7. The Kier molecular flexibility index (Phi) is 6.56. The van der Waals surface area contributed by atoms with Gasteiger partial charge in [-0.05, 0) is 80.6 Å². The molecule has 0 radical (unpaired) electrons. The molecule has 3 fully saturated rings. The number of aliphatic hydroxyl groups is 2. The van der Waals surface area contributed by atoms with Crippen molar-refractivity contribution in [1.29, 1.82) is 0 Å². The first kappa shape index (κ1) is 24.7. The highest BCUT2D eigenvalue weighted by atomic mass is 16.6. The molecule has 4 N–H and O–H groups in total. The molecule has 0 unspecified atom stereocenters. The van der Waals surface area contributed by atoms with Crippen LogP contribution in [0.15, 0.2) is 16.8 Å². The number of carboxylic acids is 1. The number of amides is 1. The molecule has 186 valence electrons. The number of allylic oxidation sites excluding steroid dienone is 2. The van der Waals surface area contributed by atoms with Gasteiger partial charge < -0.3 is 25.5 Å². The first-order chi connectivity index (χ1) is 16.1. The number of aliphatic hydroxyl groups excluding tert-OH is 1. The van der Waals surface area contributed by atoms with Gasteiger partial charge in [0.2, 0.25) is 0 Å². The first-order valence-electron chi connectivity index (χ1n) is 12.3. The monoisotopic (exact) mass is 472 g/mol. The Morgan fingerprint density at radius 2 is 1.97 bits per heavy atom. The highest BCUT2D eigenvalue weighted by Gasteiger charge is 2.63. The van der Waals surface area contributed by atoms with Crippen molar-refractivity contribution in [2.24, 2.45) is 33.7 Å². The van der Waals surface area contributed by atoms with E-state index >= 15 is 0 Å². The molecule has 0 bridgehead atoms. The van der Waals surface area contributed by atoms with E-state index in [-0.39, 0.29) is 10.8 Å². The van der Waals surface area contributed by atoms with Gasteiger partial charge in [0.25, 0.3) is 5.91 Å². The fourth-order valence-corrected chi connectivity index (χ4v) is 7.49. The normalized spacial score (nSPS) is 40.7. The Morgan fingerprint density at radius 1 is 1.24 bits per heavy atom. The molecule has 1 amide bonds. The first-order valence-corrected chi connectivity index (χ1v) is 12.3. The van der Waals surface area contributed by atoms with Crippen molar-refractivity contribution in [3.8, 4) is 12.3 Å². The molecular formula is C26H36N2O6. The average Bonchev–Trinajstić information content (AvgIpc) is 3.08. The summed E-state index contributed by atoms with van der Waals surface area (Å²) in [5, 5.41) is 35.4. The van der Waals surface area contributed by atoms with E-state index in [1.807, 2.05) is 0 Å². The lowest BCUT2D eigenvalue weighted by atomic mass is 9.46. The van der Waals surface area contributed by atoms with Crippen LogP contribution in [0.25, 0.3) is 0 Å². The highest BCUT2D eigenvalue weighted by molar-refractivity contribution is 5.96. The third kappa shape index (κ3) is 3.93. The molecule has 0 spiro atoms. The van der Waals surface area contributed by atoms with Gasteiger partial charge in [-0.3, -0.25) is 4.79 Å². The topological polar surface area (TPSA) is 128 Å². The van der Waals surface area contributed by atoms with Gasteiger partial charge in [-0.15, -0.1) is 6.42 Å². The summed E-state index contributed by atoms with van der Waals surface area (Å²) in [7, 11) is 0. The lowest BCUT2D eigenvalue weighted by molar-refractivity contribution is -0.143. The van der Waals surface area contributed by atoms with E-state index in [4.69, 9.17) is 21.5 Å². The largest absolute Gasteiger partial charge is 0.480 e. The lowest BCUT2D eigenvalue weighted by Gasteiger charge is -2.58. The summed E-state index contributed by atoms with van der Waals surface area (Å²) in [5.74, 6) is 2.37. The molecule has 0 heterocycles. The van der Waals surface area contributed by atoms with E-state index in [1.165, 1.54) is 5.57 Å². The van der Waals surface area contributed by atoms with Crippen LogP contribution in [-0.2, 0) is 14.4 Å². The minimum absolute atomic E-state index is 0.0906. The van der Waals surface area contributed by atoms with Gasteiger partial charge in [0.15, 0.2) is 6.61 Å². The molecule has 4 aliphatic carbocycles. The molecule has 0 aliphatic heterocycles. The van der Waals surface area contributed by atoms with E-state index in [2.05, 4.69) is 36.3 Å². The number of aliphatic carboxylic acids is 1. The lowest BCUT2D eigenvalue weighted by Crippen LogP contribution is -2.54. The Hall–Kier alpha value is -2.37. The molecule has 8 nitrogen and oxygen atoms in total. The maximum atomic E-state index is 11.9. The molecule has 34 heavy (non-hydrogen) atoms. The maximum absolute atomic E-state index is 11.9. The molecule has 7 atom stereocenters. The summed E-state index contributed by atoms with van der Waals surface area (Å²) < 4.78 is 0. The minimum atomic E-state index is -1.36. The predicted molar refractivity (Wildman–Crippen MR) is 126 cm³/mol. The Morgan fingerprint density at radius 3 is 2.65 bits per heavy atom. The van der Waals surface area contributed by atoms with Crippen LogP contribution < -0.4 is 5.32 Å². The average molecular weight is 473 g/mol. The molecule has 8 heteroatoms. The van der Waals surface area contributed by atoms with E-state index in [9.17, 15) is 14.7 Å². The van der Waals surface area contributed by atoms with Crippen molar-refractivity contribution in [3.05, 3.63) is 11.6 Å². The fraction of sp³-hybridized carbons (Fsp3) is 0.731. The van der Waals surface area contributed by atoms with Gasteiger partial charge >= 0.3 is 5.97 Å². The predicted octanol–water partition coefficient (Wildman–Crippen LogP) is 2.25. The second kappa shape index (κ2) is 9.01. The van der Waals surface area contributed by atoms with E-state index < -0.39 is 36.7 Å². The Bertz CT molecular complexity index is 953.